The number of benzene rings is 1. The summed E-state index contributed by atoms with van der Waals surface area (Å²) in [5.74, 6) is 0. The average molecular weight is 176 g/mol. The van der Waals surface area contributed by atoms with E-state index in [2.05, 4.69) is 50.3 Å². The Balaban J connectivity index is 2.44. The Hall–Kier alpha value is -0.823. The van der Waals surface area contributed by atoms with Crippen LogP contribution in [0.25, 0.3) is 0 Å². The summed E-state index contributed by atoms with van der Waals surface area (Å²) in [6.45, 7) is 4.34. The van der Waals surface area contributed by atoms with E-state index in [4.69, 9.17) is 0 Å². The van der Waals surface area contributed by atoms with Crippen LogP contribution in [0.2, 0.25) is 6.04 Å². The number of hydrogen-bond acceptors (Lipinski definition) is 0. The fraction of sp³-hybridized carbons (Fsp3) is 0.273. The fourth-order valence-electron chi connectivity index (χ4n) is 1.13. The molecule has 0 fully saturated rings. The maximum Gasteiger partial charge on any atom is 0.0587 e. The number of allylic oxidation sites excluding steroid dienone is 2. The smallest absolute Gasteiger partial charge is 0.0587 e. The first kappa shape index (κ1) is 9.27. The van der Waals surface area contributed by atoms with Crippen LogP contribution in [0.1, 0.15) is 13.8 Å². The summed E-state index contributed by atoms with van der Waals surface area (Å²) in [5, 5.41) is 1.57. The van der Waals surface area contributed by atoms with Gasteiger partial charge in [-0.2, -0.15) is 0 Å². The Bertz CT molecular complexity index is 249. The summed E-state index contributed by atoms with van der Waals surface area (Å²) in [7, 11) is -0.0381. The second kappa shape index (κ2) is 4.94. The van der Waals surface area contributed by atoms with Gasteiger partial charge in [0.05, 0.1) is 9.52 Å². The highest BCUT2D eigenvalue weighted by Gasteiger charge is 1.92. The summed E-state index contributed by atoms with van der Waals surface area (Å²) in [6, 6.07) is 12.2. The predicted octanol–water partition coefficient (Wildman–Crippen LogP) is 1.87. The van der Waals surface area contributed by atoms with Crippen LogP contribution in [0.4, 0.5) is 0 Å². The summed E-state index contributed by atoms with van der Waals surface area (Å²) < 4.78 is 0. The van der Waals surface area contributed by atoms with Crippen LogP contribution in [0.5, 0.6) is 0 Å². The molecule has 1 heteroatoms. The molecule has 1 aromatic rings. The predicted molar refractivity (Wildman–Crippen MR) is 58.9 cm³/mol. The van der Waals surface area contributed by atoms with Crippen LogP contribution in [-0.4, -0.2) is 9.52 Å². The van der Waals surface area contributed by atoms with Gasteiger partial charge in [0.1, 0.15) is 0 Å². The molecule has 1 aromatic carbocycles. The van der Waals surface area contributed by atoms with E-state index >= 15 is 0 Å². The van der Waals surface area contributed by atoms with Gasteiger partial charge in [-0.15, -0.1) is 0 Å². The highest BCUT2D eigenvalue weighted by molar-refractivity contribution is 6.54. The molecule has 0 aromatic heterocycles. The molecule has 0 radical (unpaired) electrons. The first-order valence-electron chi connectivity index (χ1n) is 4.48. The molecule has 0 aliphatic rings. The maximum absolute atomic E-state index is 2.25. The fourth-order valence-corrected chi connectivity index (χ4v) is 2.71. The molecule has 0 saturated carbocycles. The van der Waals surface area contributed by atoms with E-state index in [0.29, 0.717) is 0 Å². The molecule has 0 aliphatic heterocycles. The van der Waals surface area contributed by atoms with Gasteiger partial charge in [-0.1, -0.05) is 47.2 Å². The second-order valence-corrected chi connectivity index (χ2v) is 4.94. The average Bonchev–Trinajstić information content (AvgIpc) is 2.16. The SMILES string of the molecule is C/C=C(\C)C[SiH2]c1ccccc1. The molecule has 0 N–H and O–H groups in total. The molecule has 0 aliphatic carbocycles. The van der Waals surface area contributed by atoms with Crippen molar-refractivity contribution in [2.24, 2.45) is 0 Å². The minimum atomic E-state index is -0.0381. The monoisotopic (exact) mass is 176 g/mol. The van der Waals surface area contributed by atoms with Crippen molar-refractivity contribution >= 4 is 14.7 Å². The summed E-state index contributed by atoms with van der Waals surface area (Å²) in [5.41, 5.74) is 1.53. The summed E-state index contributed by atoms with van der Waals surface area (Å²) in [6.07, 6.45) is 2.22. The molecular formula is C11H16Si. The van der Waals surface area contributed by atoms with Gasteiger partial charge in [0.25, 0.3) is 0 Å². The van der Waals surface area contributed by atoms with Crippen molar-refractivity contribution in [2.75, 3.05) is 0 Å². The van der Waals surface area contributed by atoms with Gasteiger partial charge >= 0.3 is 0 Å². The molecule has 0 heterocycles. The van der Waals surface area contributed by atoms with E-state index in [1.54, 1.807) is 5.19 Å². The number of hydrogen-bond donors (Lipinski definition) is 0. The van der Waals surface area contributed by atoms with E-state index in [1.165, 1.54) is 11.6 Å². The zero-order valence-corrected chi connectivity index (χ0v) is 9.29. The van der Waals surface area contributed by atoms with Gasteiger partial charge in [-0.25, -0.2) is 0 Å². The molecule has 64 valence electrons. The van der Waals surface area contributed by atoms with Crippen molar-refractivity contribution in [3.8, 4) is 0 Å². The molecule has 12 heavy (non-hydrogen) atoms. The molecule has 1 rings (SSSR count). The molecule has 0 saturated heterocycles. The zero-order chi connectivity index (χ0) is 8.81. The Morgan fingerprint density at radius 1 is 1.33 bits per heavy atom. The van der Waals surface area contributed by atoms with E-state index < -0.39 is 0 Å². The van der Waals surface area contributed by atoms with Gasteiger partial charge in [-0.3, -0.25) is 0 Å². The highest BCUT2D eigenvalue weighted by atomic mass is 28.2. The molecule has 0 atom stereocenters. The van der Waals surface area contributed by atoms with E-state index in [0.717, 1.165) is 0 Å². The molecule has 0 nitrogen and oxygen atoms in total. The lowest BCUT2D eigenvalue weighted by Crippen LogP contribution is -2.12. The van der Waals surface area contributed by atoms with Gasteiger partial charge < -0.3 is 0 Å². The number of rotatable bonds is 3. The van der Waals surface area contributed by atoms with Crippen LogP contribution in [0.15, 0.2) is 42.0 Å². The minimum Gasteiger partial charge on any atom is -0.0890 e. The van der Waals surface area contributed by atoms with Crippen molar-refractivity contribution in [1.29, 1.82) is 0 Å². The van der Waals surface area contributed by atoms with E-state index in [1.807, 2.05) is 0 Å². The van der Waals surface area contributed by atoms with Crippen LogP contribution >= 0.6 is 0 Å². The summed E-state index contributed by atoms with van der Waals surface area (Å²) in [4.78, 5) is 0. The van der Waals surface area contributed by atoms with E-state index in [9.17, 15) is 0 Å². The molecule has 0 spiro atoms. The molecule has 0 amide bonds. The molecule has 0 bridgehead atoms. The van der Waals surface area contributed by atoms with E-state index in [-0.39, 0.29) is 9.52 Å². The first-order chi connectivity index (χ1) is 5.83. The van der Waals surface area contributed by atoms with Crippen LogP contribution < -0.4 is 5.19 Å². The van der Waals surface area contributed by atoms with Crippen molar-refractivity contribution in [2.45, 2.75) is 19.9 Å². The van der Waals surface area contributed by atoms with Crippen molar-refractivity contribution < 1.29 is 0 Å². The lowest BCUT2D eigenvalue weighted by molar-refractivity contribution is 1.35. The van der Waals surface area contributed by atoms with Crippen LogP contribution in [-0.2, 0) is 0 Å². The topological polar surface area (TPSA) is 0 Å². The van der Waals surface area contributed by atoms with Gasteiger partial charge in [0.15, 0.2) is 0 Å². The quantitative estimate of drug-likeness (QED) is 0.487. The first-order valence-corrected chi connectivity index (χ1v) is 6.19. The molecule has 0 unspecified atom stereocenters. The van der Waals surface area contributed by atoms with Crippen molar-refractivity contribution in [3.05, 3.63) is 42.0 Å². The minimum absolute atomic E-state index is 0.0381. The van der Waals surface area contributed by atoms with Gasteiger partial charge in [0.2, 0.25) is 0 Å². The van der Waals surface area contributed by atoms with Gasteiger partial charge in [0, 0.05) is 0 Å². The lowest BCUT2D eigenvalue weighted by atomic mass is 10.3. The third kappa shape index (κ3) is 3.05. The van der Waals surface area contributed by atoms with Crippen molar-refractivity contribution in [3.63, 3.8) is 0 Å². The third-order valence-corrected chi connectivity index (χ3v) is 4.23. The maximum atomic E-state index is 2.25. The Labute approximate surface area is 77.1 Å². The molecular weight excluding hydrogens is 160 g/mol. The standard InChI is InChI=1S/C11H16Si/c1-3-10(2)9-12-11-7-5-4-6-8-11/h3-8H,9,12H2,1-2H3/b10-3+. The Kier molecular flexibility index (Phi) is 3.81. The van der Waals surface area contributed by atoms with Crippen LogP contribution in [0, 0.1) is 0 Å². The zero-order valence-electron chi connectivity index (χ0n) is 7.88. The van der Waals surface area contributed by atoms with Crippen molar-refractivity contribution in [1.82, 2.24) is 0 Å². The largest absolute Gasteiger partial charge is 0.0890 e. The highest BCUT2D eigenvalue weighted by Crippen LogP contribution is 1.98. The Morgan fingerprint density at radius 3 is 2.58 bits per heavy atom. The summed E-state index contributed by atoms with van der Waals surface area (Å²) >= 11 is 0. The van der Waals surface area contributed by atoms with Crippen LogP contribution in [0.3, 0.4) is 0 Å². The second-order valence-electron chi connectivity index (χ2n) is 3.12. The lowest BCUT2D eigenvalue weighted by Gasteiger charge is -1.99. The Morgan fingerprint density at radius 2 is 2.00 bits per heavy atom. The normalized spacial score (nSPS) is 12.7. The third-order valence-electron chi connectivity index (χ3n) is 2.14. The van der Waals surface area contributed by atoms with Gasteiger partial charge in [-0.05, 0) is 19.9 Å².